The SMILES string of the molecule is CCCCCCCCCCCCCCCCOCCOCCOCCOCCOCCOCCOCCOCCOCCOCCOCCOCCOCCC(=O)OC. The van der Waals surface area contributed by atoms with E-state index >= 15 is 0 Å². The lowest BCUT2D eigenvalue weighted by Gasteiger charge is -2.09. The van der Waals surface area contributed by atoms with Crippen LogP contribution in [0.3, 0.4) is 0 Å². The Morgan fingerprint density at radius 2 is 0.441 bits per heavy atom. The molecule has 0 aromatic carbocycles. The van der Waals surface area contributed by atoms with Crippen molar-refractivity contribution in [2.75, 3.05) is 179 Å². The molecule has 0 fully saturated rings. The van der Waals surface area contributed by atoms with E-state index in [1.807, 2.05) is 0 Å². The Morgan fingerprint density at radius 1 is 0.254 bits per heavy atom. The van der Waals surface area contributed by atoms with Crippen molar-refractivity contribution >= 4 is 5.97 Å². The number of methoxy groups -OCH3 is 1. The first-order chi connectivity index (χ1) is 29.3. The van der Waals surface area contributed by atoms with Crippen molar-refractivity contribution < 1.29 is 71.1 Å². The Labute approximate surface area is 358 Å². The zero-order chi connectivity index (χ0) is 42.5. The number of ether oxygens (including phenoxy) is 14. The average molecular weight is 857 g/mol. The van der Waals surface area contributed by atoms with Crippen molar-refractivity contribution in [1.82, 2.24) is 0 Å². The molecule has 0 radical (unpaired) electrons. The Hall–Kier alpha value is -1.05. The summed E-state index contributed by atoms with van der Waals surface area (Å²) in [6.07, 6.45) is 19.5. The lowest BCUT2D eigenvalue weighted by atomic mass is 10.0. The molecule has 0 N–H and O–H groups in total. The molecular weight excluding hydrogens is 768 g/mol. The first-order valence-electron chi connectivity index (χ1n) is 22.9. The van der Waals surface area contributed by atoms with Gasteiger partial charge in [-0.1, -0.05) is 90.4 Å². The molecule has 0 saturated carbocycles. The van der Waals surface area contributed by atoms with Gasteiger partial charge in [-0.2, -0.15) is 0 Å². The fourth-order valence-corrected chi connectivity index (χ4v) is 5.40. The van der Waals surface area contributed by atoms with Crippen LogP contribution < -0.4 is 0 Å². The Bertz CT molecular complexity index is 768. The van der Waals surface area contributed by atoms with E-state index in [2.05, 4.69) is 11.7 Å². The van der Waals surface area contributed by atoms with Gasteiger partial charge in [0.05, 0.1) is 179 Å². The molecule has 0 atom stereocenters. The second-order valence-corrected chi connectivity index (χ2v) is 13.9. The predicted molar refractivity (Wildman–Crippen MR) is 228 cm³/mol. The normalized spacial score (nSPS) is 11.6. The van der Waals surface area contributed by atoms with Crippen molar-refractivity contribution in [3.05, 3.63) is 0 Å². The maximum absolute atomic E-state index is 10.9. The standard InChI is InChI=1S/C44H88O15/c1-3-4-5-6-7-8-9-10-11-12-13-14-15-16-18-47-20-22-49-24-26-51-28-30-53-32-34-55-36-38-57-40-42-59-43-41-58-39-37-56-35-33-54-31-29-52-27-25-50-23-21-48-19-17-44(45)46-2/h3-43H2,1-2H3. The van der Waals surface area contributed by atoms with Crippen molar-refractivity contribution in [3.8, 4) is 0 Å². The van der Waals surface area contributed by atoms with Gasteiger partial charge in [-0.25, -0.2) is 0 Å². The molecule has 0 rings (SSSR count). The predicted octanol–water partition coefficient (Wildman–Crippen LogP) is 6.25. The highest BCUT2D eigenvalue weighted by molar-refractivity contribution is 5.69. The Morgan fingerprint density at radius 3 is 0.661 bits per heavy atom. The van der Waals surface area contributed by atoms with Gasteiger partial charge < -0.3 is 66.3 Å². The molecule has 0 aliphatic carbocycles. The number of unbranched alkanes of at least 4 members (excludes halogenated alkanes) is 13. The van der Waals surface area contributed by atoms with Crippen LogP contribution in [0.5, 0.6) is 0 Å². The van der Waals surface area contributed by atoms with Crippen molar-refractivity contribution in [2.45, 2.75) is 103 Å². The molecule has 0 aliphatic rings. The van der Waals surface area contributed by atoms with Crippen LogP contribution in [0, 0.1) is 0 Å². The van der Waals surface area contributed by atoms with Gasteiger partial charge in [-0.05, 0) is 6.42 Å². The third-order valence-electron chi connectivity index (χ3n) is 8.78. The molecule has 0 spiro atoms. The quantitative estimate of drug-likeness (QED) is 0.0502. The van der Waals surface area contributed by atoms with Crippen LogP contribution in [0.1, 0.15) is 103 Å². The van der Waals surface area contributed by atoms with Gasteiger partial charge >= 0.3 is 5.97 Å². The molecule has 0 heterocycles. The van der Waals surface area contributed by atoms with E-state index in [9.17, 15) is 4.79 Å². The summed E-state index contributed by atoms with van der Waals surface area (Å²) in [7, 11) is 1.35. The van der Waals surface area contributed by atoms with Gasteiger partial charge in [0, 0.05) is 6.61 Å². The minimum absolute atomic E-state index is 0.244. The zero-order valence-electron chi connectivity index (χ0n) is 37.6. The molecule has 0 aromatic heterocycles. The number of carbonyl (C=O) groups is 1. The summed E-state index contributed by atoms with van der Waals surface area (Å²) in [5.74, 6) is -0.285. The van der Waals surface area contributed by atoms with Crippen LogP contribution in [0.25, 0.3) is 0 Å². The van der Waals surface area contributed by atoms with Gasteiger partial charge in [0.1, 0.15) is 0 Å². The molecule has 59 heavy (non-hydrogen) atoms. The average Bonchev–Trinajstić information content (AvgIpc) is 3.25. The molecule has 0 bridgehead atoms. The monoisotopic (exact) mass is 857 g/mol. The second-order valence-electron chi connectivity index (χ2n) is 13.9. The first kappa shape index (κ1) is 58.0. The fraction of sp³-hybridized carbons (Fsp3) is 0.977. The van der Waals surface area contributed by atoms with Crippen LogP contribution >= 0.6 is 0 Å². The van der Waals surface area contributed by atoms with Crippen molar-refractivity contribution in [1.29, 1.82) is 0 Å². The molecule has 0 unspecified atom stereocenters. The Balaban J connectivity index is 3.06. The van der Waals surface area contributed by atoms with E-state index in [0.29, 0.717) is 165 Å². The molecule has 354 valence electrons. The number of carbonyl (C=O) groups excluding carboxylic acids is 1. The second kappa shape index (κ2) is 55.0. The Kier molecular flexibility index (Phi) is 54.0. The summed E-state index contributed by atoms with van der Waals surface area (Å²) in [6, 6.07) is 0. The summed E-state index contributed by atoms with van der Waals surface area (Å²) in [5, 5.41) is 0. The smallest absolute Gasteiger partial charge is 0.307 e. The van der Waals surface area contributed by atoms with Crippen LogP contribution in [0.15, 0.2) is 0 Å². The molecular formula is C44H88O15. The van der Waals surface area contributed by atoms with E-state index in [1.165, 1.54) is 90.6 Å². The summed E-state index contributed by atoms with van der Waals surface area (Å²) in [5.41, 5.74) is 0. The molecule has 0 aromatic rings. The highest BCUT2D eigenvalue weighted by Gasteiger charge is 2.00. The maximum atomic E-state index is 10.9. The van der Waals surface area contributed by atoms with Gasteiger partial charge in [-0.3, -0.25) is 4.79 Å². The molecule has 0 saturated heterocycles. The van der Waals surface area contributed by atoms with Crippen LogP contribution in [0.4, 0.5) is 0 Å². The third-order valence-corrected chi connectivity index (χ3v) is 8.78. The summed E-state index contributed by atoms with van der Waals surface area (Å²) in [4.78, 5) is 10.9. The van der Waals surface area contributed by atoms with E-state index in [0.717, 1.165) is 13.0 Å². The number of hydrogen-bond acceptors (Lipinski definition) is 15. The van der Waals surface area contributed by atoms with E-state index in [-0.39, 0.29) is 12.4 Å². The highest BCUT2D eigenvalue weighted by atomic mass is 16.6. The molecule has 15 nitrogen and oxygen atoms in total. The molecule has 15 heteroatoms. The van der Waals surface area contributed by atoms with Gasteiger partial charge in [0.15, 0.2) is 0 Å². The highest BCUT2D eigenvalue weighted by Crippen LogP contribution is 2.13. The van der Waals surface area contributed by atoms with Crippen LogP contribution in [0.2, 0.25) is 0 Å². The van der Waals surface area contributed by atoms with Crippen LogP contribution in [-0.2, 0) is 71.1 Å². The number of hydrogen-bond donors (Lipinski definition) is 0. The van der Waals surface area contributed by atoms with Crippen LogP contribution in [-0.4, -0.2) is 185 Å². The largest absolute Gasteiger partial charge is 0.469 e. The molecule has 0 aliphatic heterocycles. The topological polar surface area (TPSA) is 146 Å². The minimum Gasteiger partial charge on any atom is -0.469 e. The van der Waals surface area contributed by atoms with Gasteiger partial charge in [0.25, 0.3) is 0 Å². The summed E-state index contributed by atoms with van der Waals surface area (Å²) in [6.45, 7) is 15.7. The summed E-state index contributed by atoms with van der Waals surface area (Å²) < 4.78 is 76.0. The number of rotatable bonds is 54. The molecule has 0 amide bonds. The third kappa shape index (κ3) is 54.9. The first-order valence-corrected chi connectivity index (χ1v) is 22.9. The minimum atomic E-state index is -0.285. The lowest BCUT2D eigenvalue weighted by molar-refractivity contribution is -0.141. The number of esters is 1. The summed E-state index contributed by atoms with van der Waals surface area (Å²) >= 11 is 0. The fourth-order valence-electron chi connectivity index (χ4n) is 5.40. The van der Waals surface area contributed by atoms with Gasteiger partial charge in [0.2, 0.25) is 0 Å². The zero-order valence-corrected chi connectivity index (χ0v) is 37.6. The van der Waals surface area contributed by atoms with E-state index in [4.69, 9.17) is 61.6 Å². The lowest BCUT2D eigenvalue weighted by Crippen LogP contribution is -2.15. The van der Waals surface area contributed by atoms with E-state index in [1.54, 1.807) is 0 Å². The van der Waals surface area contributed by atoms with E-state index < -0.39 is 0 Å². The maximum Gasteiger partial charge on any atom is 0.307 e. The van der Waals surface area contributed by atoms with Crippen molar-refractivity contribution in [3.63, 3.8) is 0 Å². The van der Waals surface area contributed by atoms with Crippen molar-refractivity contribution in [2.24, 2.45) is 0 Å². The van der Waals surface area contributed by atoms with Gasteiger partial charge in [-0.15, -0.1) is 0 Å².